The summed E-state index contributed by atoms with van der Waals surface area (Å²) >= 11 is 2.89. The van der Waals surface area contributed by atoms with Crippen LogP contribution in [0.1, 0.15) is 41.7 Å². The Morgan fingerprint density at radius 2 is 2.12 bits per heavy atom. The fourth-order valence-corrected chi connectivity index (χ4v) is 6.34. The van der Waals surface area contributed by atoms with Crippen LogP contribution in [-0.2, 0) is 28.9 Å². The molecule has 1 fully saturated rings. The van der Waals surface area contributed by atoms with Crippen molar-refractivity contribution < 1.29 is 9.53 Å². The van der Waals surface area contributed by atoms with E-state index in [-0.39, 0.29) is 17.8 Å². The van der Waals surface area contributed by atoms with Gasteiger partial charge < -0.3 is 10.1 Å². The fraction of sp³-hybridized carbons (Fsp3) is 0.435. The zero-order valence-electron chi connectivity index (χ0n) is 18.1. The lowest BCUT2D eigenvalue weighted by Crippen LogP contribution is -2.18. The summed E-state index contributed by atoms with van der Waals surface area (Å²) in [6.45, 7) is 1.42. The van der Waals surface area contributed by atoms with E-state index in [2.05, 4.69) is 26.6 Å². The first kappa shape index (κ1) is 22.1. The maximum Gasteiger partial charge on any atom is 0.235 e. The molecule has 1 atom stereocenters. The van der Waals surface area contributed by atoms with E-state index in [1.54, 1.807) is 23.7 Å². The average Bonchev–Trinajstić information content (AvgIpc) is 3.57. The number of nitriles is 1. The fourth-order valence-electron chi connectivity index (χ4n) is 4.33. The highest BCUT2D eigenvalue weighted by Gasteiger charge is 2.24. The summed E-state index contributed by atoms with van der Waals surface area (Å²) in [4.78, 5) is 18.1. The monoisotopic (exact) mass is 480 g/mol. The molecule has 2 aliphatic rings. The number of rotatable bonds is 7. The van der Waals surface area contributed by atoms with Crippen molar-refractivity contribution in [3.63, 3.8) is 0 Å². The Kier molecular flexibility index (Phi) is 6.71. The first-order chi connectivity index (χ1) is 16.2. The van der Waals surface area contributed by atoms with E-state index in [0.29, 0.717) is 22.3 Å². The van der Waals surface area contributed by atoms with Crippen LogP contribution in [0.25, 0.3) is 11.4 Å². The van der Waals surface area contributed by atoms with E-state index < -0.39 is 0 Å². The Hall–Kier alpha value is -2.74. The minimum absolute atomic E-state index is 0.116. The lowest BCUT2D eigenvalue weighted by Gasteiger charge is -2.14. The number of nitrogens with one attached hydrogen (secondary N) is 1. The minimum atomic E-state index is -0.146. The summed E-state index contributed by atoms with van der Waals surface area (Å²) in [5.41, 5.74) is 2.68. The maximum atomic E-state index is 12.8. The molecule has 4 heterocycles. The molecular formula is C23H24N6O2S2. The third kappa shape index (κ3) is 4.81. The zero-order valence-corrected chi connectivity index (χ0v) is 19.8. The number of hydrogen-bond donors (Lipinski definition) is 1. The van der Waals surface area contributed by atoms with Gasteiger partial charge in [0.15, 0.2) is 11.0 Å². The van der Waals surface area contributed by atoms with Crippen molar-refractivity contribution in [2.24, 2.45) is 0 Å². The quantitative estimate of drug-likeness (QED) is 0.508. The molecule has 10 heteroatoms. The lowest BCUT2D eigenvalue weighted by molar-refractivity contribution is -0.113. The second kappa shape index (κ2) is 10.0. The SMILES string of the molecule is N#Cc1c(NC(=O)CSc2nnc(-c3ccncc3)n2C[C@@H]2CCCO2)sc2c1CCCC2. The number of carbonyl (C=O) groups excluding carboxylic acids is 1. The van der Waals surface area contributed by atoms with Crippen molar-refractivity contribution in [1.29, 1.82) is 5.26 Å². The number of fused-ring (bicyclic) bond motifs is 1. The maximum absolute atomic E-state index is 12.8. The minimum Gasteiger partial charge on any atom is -0.376 e. The summed E-state index contributed by atoms with van der Waals surface area (Å²) in [5.74, 6) is 0.786. The van der Waals surface area contributed by atoms with E-state index in [1.165, 1.54) is 16.6 Å². The molecule has 3 aromatic heterocycles. The van der Waals surface area contributed by atoms with Crippen LogP contribution in [0.4, 0.5) is 5.00 Å². The van der Waals surface area contributed by atoms with Gasteiger partial charge in [0, 0.05) is 29.4 Å². The number of pyridine rings is 1. The third-order valence-corrected chi connectivity index (χ3v) is 8.11. The number of nitrogens with zero attached hydrogens (tertiary/aromatic N) is 5. The number of aryl methyl sites for hydroxylation is 1. The largest absolute Gasteiger partial charge is 0.376 e. The van der Waals surface area contributed by atoms with E-state index in [4.69, 9.17) is 4.74 Å². The van der Waals surface area contributed by atoms with Gasteiger partial charge in [0.05, 0.1) is 24.0 Å². The van der Waals surface area contributed by atoms with Crippen molar-refractivity contribution in [2.75, 3.05) is 17.7 Å². The standard InChI is InChI=1S/C23H24N6O2S2/c24-12-18-17-5-1-2-6-19(17)33-22(18)26-20(30)14-32-23-28-27-21(15-7-9-25-10-8-15)29(23)13-16-4-3-11-31-16/h7-10,16H,1-6,11,13-14H2,(H,26,30)/t16-/m0/s1. The summed E-state index contributed by atoms with van der Waals surface area (Å²) in [6, 6.07) is 6.10. The summed E-state index contributed by atoms with van der Waals surface area (Å²) in [6.07, 6.45) is 9.77. The lowest BCUT2D eigenvalue weighted by atomic mass is 9.96. The third-order valence-electron chi connectivity index (χ3n) is 5.93. The molecule has 1 aliphatic carbocycles. The van der Waals surface area contributed by atoms with Gasteiger partial charge in [-0.15, -0.1) is 21.5 Å². The molecule has 0 bridgehead atoms. The van der Waals surface area contributed by atoms with Crippen LogP contribution in [0.5, 0.6) is 0 Å². The number of amides is 1. The van der Waals surface area contributed by atoms with Crippen LogP contribution < -0.4 is 5.32 Å². The van der Waals surface area contributed by atoms with Crippen molar-refractivity contribution in [3.05, 3.63) is 40.5 Å². The number of aromatic nitrogens is 4. The summed E-state index contributed by atoms with van der Waals surface area (Å²) in [5, 5.41) is 22.7. The van der Waals surface area contributed by atoms with Crippen LogP contribution in [0, 0.1) is 11.3 Å². The molecule has 3 aromatic rings. The van der Waals surface area contributed by atoms with E-state index >= 15 is 0 Å². The van der Waals surface area contributed by atoms with Gasteiger partial charge in [-0.3, -0.25) is 14.3 Å². The second-order valence-corrected chi connectivity index (χ2v) is 10.2. The second-order valence-electron chi connectivity index (χ2n) is 8.15. The molecule has 8 nitrogen and oxygen atoms in total. The smallest absolute Gasteiger partial charge is 0.235 e. The van der Waals surface area contributed by atoms with E-state index in [9.17, 15) is 10.1 Å². The molecule has 0 aromatic carbocycles. The molecule has 1 aliphatic heterocycles. The molecule has 1 amide bonds. The Labute approximate surface area is 200 Å². The van der Waals surface area contributed by atoms with Gasteiger partial charge in [-0.25, -0.2) is 0 Å². The molecule has 5 rings (SSSR count). The number of ether oxygens (including phenoxy) is 1. The van der Waals surface area contributed by atoms with Gasteiger partial charge in [-0.2, -0.15) is 5.26 Å². The first-order valence-electron chi connectivity index (χ1n) is 11.2. The van der Waals surface area contributed by atoms with Crippen molar-refractivity contribution in [3.8, 4) is 17.5 Å². The van der Waals surface area contributed by atoms with E-state index in [1.807, 2.05) is 16.7 Å². The summed E-state index contributed by atoms with van der Waals surface area (Å²) < 4.78 is 7.87. The van der Waals surface area contributed by atoms with Crippen molar-refractivity contribution in [2.45, 2.75) is 56.3 Å². The number of thioether (sulfide) groups is 1. The summed E-state index contributed by atoms with van der Waals surface area (Å²) in [7, 11) is 0. The van der Waals surface area contributed by atoms with Crippen LogP contribution in [0.2, 0.25) is 0 Å². The molecule has 1 saturated heterocycles. The first-order valence-corrected chi connectivity index (χ1v) is 13.0. The van der Waals surface area contributed by atoms with Crippen molar-refractivity contribution >= 4 is 34.0 Å². The van der Waals surface area contributed by atoms with Crippen LogP contribution in [-0.4, -0.2) is 44.1 Å². The Morgan fingerprint density at radius 3 is 2.91 bits per heavy atom. The molecular weight excluding hydrogens is 456 g/mol. The van der Waals surface area contributed by atoms with Crippen molar-refractivity contribution in [1.82, 2.24) is 19.7 Å². The number of hydrogen-bond acceptors (Lipinski definition) is 8. The predicted octanol–water partition coefficient (Wildman–Crippen LogP) is 4.06. The molecule has 33 heavy (non-hydrogen) atoms. The highest BCUT2D eigenvalue weighted by molar-refractivity contribution is 7.99. The zero-order chi connectivity index (χ0) is 22.6. The predicted molar refractivity (Wildman–Crippen MR) is 127 cm³/mol. The Bertz CT molecular complexity index is 1180. The van der Waals surface area contributed by atoms with Gasteiger partial charge >= 0.3 is 0 Å². The van der Waals surface area contributed by atoms with Gasteiger partial charge in [0.25, 0.3) is 0 Å². The highest BCUT2D eigenvalue weighted by Crippen LogP contribution is 2.37. The van der Waals surface area contributed by atoms with Crippen LogP contribution in [0.3, 0.4) is 0 Å². The number of anilines is 1. The molecule has 1 N–H and O–H groups in total. The average molecular weight is 481 g/mol. The van der Waals surface area contributed by atoms with Gasteiger partial charge in [0.2, 0.25) is 5.91 Å². The van der Waals surface area contributed by atoms with Gasteiger partial charge in [-0.1, -0.05) is 11.8 Å². The van der Waals surface area contributed by atoms with Gasteiger partial charge in [-0.05, 0) is 56.2 Å². The normalized spacial score (nSPS) is 17.5. The Morgan fingerprint density at radius 1 is 1.27 bits per heavy atom. The van der Waals surface area contributed by atoms with E-state index in [0.717, 1.165) is 62.1 Å². The molecule has 0 spiro atoms. The molecule has 0 saturated carbocycles. The highest BCUT2D eigenvalue weighted by atomic mass is 32.2. The number of thiophene rings is 1. The topological polar surface area (TPSA) is 106 Å². The van der Waals surface area contributed by atoms with Crippen LogP contribution in [0.15, 0.2) is 29.7 Å². The van der Waals surface area contributed by atoms with Crippen LogP contribution >= 0.6 is 23.1 Å². The molecule has 170 valence electrons. The number of carbonyl (C=O) groups is 1. The Balaban J connectivity index is 1.31. The van der Waals surface area contributed by atoms with Gasteiger partial charge in [0.1, 0.15) is 11.1 Å². The molecule has 0 unspecified atom stereocenters. The molecule has 0 radical (unpaired) electrons.